The van der Waals surface area contributed by atoms with Crippen LogP contribution in [0.5, 0.6) is 0 Å². The number of urea groups is 1. The number of amides is 4. The lowest BCUT2D eigenvalue weighted by Crippen LogP contribution is -2.68. The predicted octanol–water partition coefficient (Wildman–Crippen LogP) is -0.107. The second-order valence-corrected chi connectivity index (χ2v) is 13.7. The van der Waals surface area contributed by atoms with Crippen molar-refractivity contribution in [2.45, 2.75) is 73.9 Å². The third-order valence-electron chi connectivity index (χ3n) is 7.41. The van der Waals surface area contributed by atoms with Crippen molar-refractivity contribution in [2.24, 2.45) is 11.0 Å². The lowest BCUT2D eigenvalue weighted by atomic mass is 10.0. The van der Waals surface area contributed by atoms with Crippen molar-refractivity contribution in [3.05, 3.63) is 11.1 Å². The number of anilines is 1. The predicted molar refractivity (Wildman–Crippen MR) is 150 cm³/mol. The zero-order valence-electron chi connectivity index (χ0n) is 23.2. The molecule has 228 valence electrons. The van der Waals surface area contributed by atoms with Gasteiger partial charge in [-0.3, -0.25) is 19.5 Å². The lowest BCUT2D eigenvalue weighted by molar-refractivity contribution is -0.183. The molecule has 4 heterocycles. The quantitative estimate of drug-likeness (QED) is 0.0743. The zero-order chi connectivity index (χ0) is 30.6. The Morgan fingerprint density at radius 3 is 2.45 bits per heavy atom. The molecule has 18 heteroatoms. The fourth-order valence-corrected chi connectivity index (χ4v) is 7.47. The van der Waals surface area contributed by atoms with Crippen molar-refractivity contribution in [1.29, 1.82) is 0 Å². The number of hydrazine groups is 1. The van der Waals surface area contributed by atoms with Crippen LogP contribution in [0.3, 0.4) is 0 Å². The molecule has 3 atom stereocenters. The van der Waals surface area contributed by atoms with Crippen molar-refractivity contribution in [1.82, 2.24) is 25.1 Å². The van der Waals surface area contributed by atoms with Crippen molar-refractivity contribution >= 4 is 63.7 Å². The van der Waals surface area contributed by atoms with Crippen LogP contribution in [-0.2, 0) is 28.8 Å². The number of carbonyl (C=O) groups is 5. The van der Waals surface area contributed by atoms with Gasteiger partial charge in [0.1, 0.15) is 22.7 Å². The highest BCUT2D eigenvalue weighted by Crippen LogP contribution is 2.49. The molecule has 16 nitrogen and oxygen atoms in total. The first-order valence-corrected chi connectivity index (χ1v) is 15.0. The third-order valence-corrected chi connectivity index (χ3v) is 9.77. The number of aromatic nitrogens is 1. The first kappa shape index (κ1) is 29.8. The molecule has 1 aromatic heterocycles. The summed E-state index contributed by atoms with van der Waals surface area (Å²) < 4.78 is 5.57. The number of nitrogens with one attached hydrogen (secondary N) is 1. The molecule has 3 saturated heterocycles. The normalized spacial score (nSPS) is 27.1. The Bertz CT molecular complexity index is 1360. The summed E-state index contributed by atoms with van der Waals surface area (Å²) in [5.41, 5.74) is 3.38. The average Bonchev–Trinajstić information content (AvgIpc) is 3.70. The molecule has 4 aliphatic rings. The number of carboxylic acid groups (broad SMARTS) is 1. The van der Waals surface area contributed by atoms with E-state index in [-0.39, 0.29) is 36.2 Å². The Hall–Kier alpha value is -3.64. The number of esters is 1. The zero-order valence-corrected chi connectivity index (χ0v) is 24.8. The number of β-lactam (4-membered cyclic amide) rings is 1. The number of ether oxygens (including phenoxy) is 1. The molecule has 42 heavy (non-hydrogen) atoms. The van der Waals surface area contributed by atoms with Gasteiger partial charge in [0, 0.05) is 24.8 Å². The van der Waals surface area contributed by atoms with Crippen LogP contribution in [-0.4, -0.2) is 108 Å². The van der Waals surface area contributed by atoms with E-state index in [2.05, 4.69) is 15.5 Å². The van der Waals surface area contributed by atoms with E-state index >= 15 is 0 Å². The number of nitrogen functional groups attached to an aromatic ring is 1. The van der Waals surface area contributed by atoms with Gasteiger partial charge in [0.15, 0.2) is 10.8 Å². The fraction of sp³-hybridized carbons (Fsp3) is 0.625. The Labute approximate surface area is 248 Å². The van der Waals surface area contributed by atoms with E-state index in [4.69, 9.17) is 21.2 Å². The summed E-state index contributed by atoms with van der Waals surface area (Å²) in [5.74, 6) is 2.39. The molecule has 0 bridgehead atoms. The summed E-state index contributed by atoms with van der Waals surface area (Å²) in [7, 11) is 0. The van der Waals surface area contributed by atoms with Gasteiger partial charge in [-0.1, -0.05) is 16.9 Å². The highest BCUT2D eigenvalue weighted by Gasteiger charge is 2.66. The maximum Gasteiger partial charge on any atom is 0.353 e. The van der Waals surface area contributed by atoms with Gasteiger partial charge in [-0.05, 0) is 33.6 Å². The highest BCUT2D eigenvalue weighted by molar-refractivity contribution is 8.02. The Kier molecular flexibility index (Phi) is 7.51. The minimum atomic E-state index is -1.77. The van der Waals surface area contributed by atoms with Gasteiger partial charge in [-0.2, -0.15) is 0 Å². The summed E-state index contributed by atoms with van der Waals surface area (Å²) in [4.78, 5) is 75.2. The summed E-state index contributed by atoms with van der Waals surface area (Å²) in [6.45, 7) is 5.14. The first-order valence-electron chi connectivity index (χ1n) is 13.2. The molecule has 4 fully saturated rings. The molecule has 5 rings (SSSR count). The number of thiazole rings is 1. The Morgan fingerprint density at radius 1 is 1.21 bits per heavy atom. The van der Waals surface area contributed by atoms with E-state index in [1.807, 2.05) is 0 Å². The van der Waals surface area contributed by atoms with Crippen LogP contribution >= 0.6 is 23.1 Å². The van der Waals surface area contributed by atoms with E-state index in [1.54, 1.807) is 20.8 Å². The second kappa shape index (κ2) is 10.6. The molecule has 0 aromatic carbocycles. The summed E-state index contributed by atoms with van der Waals surface area (Å²) >= 11 is 1.93. The van der Waals surface area contributed by atoms with E-state index in [9.17, 15) is 29.1 Å². The van der Waals surface area contributed by atoms with Gasteiger partial charge in [-0.25, -0.2) is 25.2 Å². The number of fused-ring (bicyclic) bond motifs is 1. The maximum atomic E-state index is 13.5. The average molecular weight is 625 g/mol. The van der Waals surface area contributed by atoms with E-state index in [0.29, 0.717) is 25.7 Å². The van der Waals surface area contributed by atoms with Crippen LogP contribution in [0.15, 0.2) is 10.5 Å². The Balaban J connectivity index is 1.37. The molecular formula is C24H32N8O8S2. The standard InChI is InChI=1S/C24H32N8O8S2/c1-22(2,3)39-19(37)23(6-4-5-7-23)40-29-13(12-10-41-20(25)27-12)15(33)28-14-16(34)30-11-24(18(35)36,42-17(14)30)31-8-9-32(26)21(31)38/h10,14,17H,4-9,11,26H2,1-3H3,(H2,25,27)(H,28,33)(H,35,36)/b29-13-/t14-,17-,24-/m1/s1. The Morgan fingerprint density at radius 2 is 1.90 bits per heavy atom. The van der Waals surface area contributed by atoms with Crippen molar-refractivity contribution in [3.63, 3.8) is 0 Å². The minimum absolute atomic E-state index is 0.0687. The SMILES string of the molecule is CC(C)(C)OC(=O)C1(O/N=C(\C(=O)N[C@@H]2C(=O)N3C[C@@](C(=O)O)(N4CCN(N)C4=O)S[C@H]23)c2csc(N)n2)CCCC1. The number of thioether (sulfide) groups is 1. The lowest BCUT2D eigenvalue weighted by Gasteiger charge is -2.41. The molecule has 3 aliphatic heterocycles. The van der Waals surface area contributed by atoms with Gasteiger partial charge in [-0.15, -0.1) is 11.3 Å². The van der Waals surface area contributed by atoms with Crippen LogP contribution in [0.25, 0.3) is 0 Å². The van der Waals surface area contributed by atoms with E-state index < -0.39 is 57.3 Å². The van der Waals surface area contributed by atoms with Crippen LogP contribution in [0.1, 0.15) is 52.1 Å². The van der Waals surface area contributed by atoms with Crippen LogP contribution in [0.4, 0.5) is 9.93 Å². The van der Waals surface area contributed by atoms with Crippen molar-refractivity contribution in [2.75, 3.05) is 25.4 Å². The molecule has 4 amide bonds. The fourth-order valence-electron chi connectivity index (χ4n) is 5.29. The number of nitrogens with zero attached hydrogens (tertiary/aromatic N) is 5. The third kappa shape index (κ3) is 5.11. The van der Waals surface area contributed by atoms with Gasteiger partial charge in [0.05, 0.1) is 13.1 Å². The summed E-state index contributed by atoms with van der Waals surface area (Å²) in [5, 5.41) is 18.6. The van der Waals surface area contributed by atoms with Gasteiger partial charge >= 0.3 is 18.0 Å². The summed E-state index contributed by atoms with van der Waals surface area (Å²) in [6, 6.07) is -1.79. The largest absolute Gasteiger partial charge is 0.479 e. The van der Waals surface area contributed by atoms with E-state index in [0.717, 1.165) is 33.0 Å². The minimum Gasteiger partial charge on any atom is -0.479 e. The van der Waals surface area contributed by atoms with E-state index in [1.165, 1.54) is 10.3 Å². The molecular weight excluding hydrogens is 592 g/mol. The molecule has 0 unspecified atom stereocenters. The van der Waals surface area contributed by atoms with Crippen molar-refractivity contribution in [3.8, 4) is 0 Å². The number of oxime groups is 1. The van der Waals surface area contributed by atoms with Gasteiger partial charge < -0.3 is 30.6 Å². The molecule has 1 aliphatic carbocycles. The highest BCUT2D eigenvalue weighted by atomic mass is 32.2. The monoisotopic (exact) mass is 624 g/mol. The number of carboxylic acids is 1. The smallest absolute Gasteiger partial charge is 0.353 e. The second-order valence-electron chi connectivity index (χ2n) is 11.4. The van der Waals surface area contributed by atoms with Gasteiger partial charge in [0.25, 0.3) is 5.91 Å². The molecule has 1 saturated carbocycles. The number of nitrogens with two attached hydrogens (primary N) is 2. The van der Waals surface area contributed by atoms with Crippen LogP contribution in [0, 0.1) is 0 Å². The van der Waals surface area contributed by atoms with Crippen molar-refractivity contribution < 1.29 is 38.7 Å². The molecule has 0 spiro atoms. The molecule has 6 N–H and O–H groups in total. The van der Waals surface area contributed by atoms with Gasteiger partial charge in [0.2, 0.25) is 16.4 Å². The number of hydrogen-bond donors (Lipinski definition) is 4. The van der Waals surface area contributed by atoms with Crippen LogP contribution < -0.4 is 16.9 Å². The number of carbonyl (C=O) groups excluding carboxylic acids is 4. The molecule has 1 aromatic rings. The topological polar surface area (TPSA) is 223 Å². The number of aliphatic carboxylic acids is 1. The maximum absolute atomic E-state index is 13.5. The molecule has 0 radical (unpaired) electrons. The first-order chi connectivity index (χ1) is 19.7. The van der Waals surface area contributed by atoms with Crippen LogP contribution in [0.2, 0.25) is 0 Å². The number of hydrogen-bond acceptors (Lipinski definition) is 13. The number of rotatable bonds is 8. The summed E-state index contributed by atoms with van der Waals surface area (Å²) in [6.07, 6.45) is 2.05.